The largest absolute Gasteiger partial charge is 0.481 e. The average molecular weight is 386 g/mol. The van der Waals surface area contributed by atoms with Gasteiger partial charge >= 0.3 is 0 Å². The molecule has 140 valence electrons. The first-order chi connectivity index (χ1) is 13.2. The van der Waals surface area contributed by atoms with Gasteiger partial charge in [-0.2, -0.15) is 0 Å². The average Bonchev–Trinajstić information content (AvgIpc) is 2.98. The number of rotatable bonds is 5. The number of hydrogen-bond acceptors (Lipinski definition) is 5. The molecule has 0 saturated heterocycles. The lowest BCUT2D eigenvalue weighted by Gasteiger charge is -2.25. The van der Waals surface area contributed by atoms with Gasteiger partial charge in [0.2, 0.25) is 5.91 Å². The minimum atomic E-state index is -1.47. The lowest BCUT2D eigenvalue weighted by Crippen LogP contribution is -2.29. The van der Waals surface area contributed by atoms with Crippen molar-refractivity contribution in [2.24, 2.45) is 0 Å². The van der Waals surface area contributed by atoms with Gasteiger partial charge in [-0.25, -0.2) is 9.69 Å². The molecule has 0 saturated carbocycles. The molecule has 2 atom stereocenters. The first-order valence-electron chi connectivity index (χ1n) is 8.18. The molecule has 0 bridgehead atoms. The minimum absolute atomic E-state index is 0.0335. The Kier molecular flexibility index (Phi) is 6.08. The van der Waals surface area contributed by atoms with Gasteiger partial charge in [-0.05, 0) is 35.9 Å². The molecule has 0 aliphatic carbocycles. The van der Waals surface area contributed by atoms with Gasteiger partial charge in [-0.15, -0.1) is 0 Å². The van der Waals surface area contributed by atoms with Crippen LogP contribution in [0.15, 0.2) is 53.4 Å². The van der Waals surface area contributed by atoms with E-state index in [-0.39, 0.29) is 19.6 Å². The second kappa shape index (κ2) is 8.68. The van der Waals surface area contributed by atoms with Crippen molar-refractivity contribution in [3.8, 4) is 17.6 Å². The molecule has 0 aromatic heterocycles. The quantitative estimate of drug-likeness (QED) is 0.411. The summed E-state index contributed by atoms with van der Waals surface area (Å²) in [6.07, 6.45) is -0.0335. The maximum absolute atomic E-state index is 13.0. The van der Waals surface area contributed by atoms with Crippen LogP contribution in [0.25, 0.3) is 0 Å². The molecule has 2 unspecified atom stereocenters. The Balaban J connectivity index is 1.85. The van der Waals surface area contributed by atoms with Crippen LogP contribution in [0.1, 0.15) is 18.0 Å². The lowest BCUT2D eigenvalue weighted by atomic mass is 10.0. The third-order valence-electron chi connectivity index (χ3n) is 4.04. The number of ether oxygens (including phenoxy) is 1. The molecule has 7 nitrogen and oxygen atoms in total. The van der Waals surface area contributed by atoms with Crippen molar-refractivity contribution in [2.45, 2.75) is 17.4 Å². The van der Waals surface area contributed by atoms with Gasteiger partial charge in [0.1, 0.15) is 19.0 Å². The molecule has 0 spiro atoms. The molecule has 1 aliphatic rings. The zero-order valence-electron chi connectivity index (χ0n) is 14.3. The van der Waals surface area contributed by atoms with Crippen molar-refractivity contribution in [3.05, 3.63) is 54.1 Å². The van der Waals surface area contributed by atoms with Gasteiger partial charge in [-0.3, -0.25) is 14.3 Å². The summed E-state index contributed by atoms with van der Waals surface area (Å²) in [6.45, 7) is -0.0628. The standard InChI is InChI=1S/C19H18N2O5S/c22-11-3-4-12-26-15-9-7-14(8-10-15)21-17(13-19(23)20-24)16-5-1-2-6-18(16)27(21)25/h1-2,5-10,17,22,24H,11-13H2,(H,20,23). The summed E-state index contributed by atoms with van der Waals surface area (Å²) in [4.78, 5) is 12.4. The van der Waals surface area contributed by atoms with Crippen LogP contribution in [0.5, 0.6) is 5.75 Å². The van der Waals surface area contributed by atoms with E-state index in [2.05, 4.69) is 11.8 Å². The van der Waals surface area contributed by atoms with E-state index in [0.717, 1.165) is 5.56 Å². The molecule has 3 rings (SSSR count). The van der Waals surface area contributed by atoms with Crippen LogP contribution in [-0.4, -0.2) is 33.6 Å². The highest BCUT2D eigenvalue weighted by Gasteiger charge is 2.37. The number of aliphatic hydroxyl groups excluding tert-OH is 1. The van der Waals surface area contributed by atoms with Crippen LogP contribution < -0.4 is 14.5 Å². The molecule has 2 aromatic carbocycles. The van der Waals surface area contributed by atoms with Crippen molar-refractivity contribution >= 4 is 22.6 Å². The fourth-order valence-corrected chi connectivity index (χ4v) is 4.41. The van der Waals surface area contributed by atoms with E-state index in [4.69, 9.17) is 15.1 Å². The predicted molar refractivity (Wildman–Crippen MR) is 99.4 cm³/mol. The number of hydrogen-bond donors (Lipinski definition) is 3. The van der Waals surface area contributed by atoms with Crippen LogP contribution in [0.3, 0.4) is 0 Å². The number of carbonyl (C=O) groups is 1. The first kappa shape index (κ1) is 18.9. The molecular formula is C19H18N2O5S. The fraction of sp³-hybridized carbons (Fsp3) is 0.211. The van der Waals surface area contributed by atoms with Crippen LogP contribution in [0.2, 0.25) is 0 Å². The summed E-state index contributed by atoms with van der Waals surface area (Å²) in [6, 6.07) is 13.7. The number of amides is 1. The molecular weight excluding hydrogens is 368 g/mol. The zero-order valence-corrected chi connectivity index (χ0v) is 15.1. The molecule has 1 heterocycles. The first-order valence-corrected chi connectivity index (χ1v) is 9.28. The number of nitrogens with zero attached hydrogens (tertiary/aromatic N) is 1. The summed E-state index contributed by atoms with van der Waals surface area (Å²) in [7, 11) is -1.47. The molecule has 0 fully saturated rings. The van der Waals surface area contributed by atoms with Crippen molar-refractivity contribution in [1.82, 2.24) is 5.48 Å². The molecule has 27 heavy (non-hydrogen) atoms. The van der Waals surface area contributed by atoms with Crippen molar-refractivity contribution in [2.75, 3.05) is 17.5 Å². The van der Waals surface area contributed by atoms with E-state index in [9.17, 15) is 9.00 Å². The Labute approximate surface area is 159 Å². The monoisotopic (exact) mass is 386 g/mol. The third kappa shape index (κ3) is 4.11. The molecule has 2 aromatic rings. The maximum Gasteiger partial charge on any atom is 0.245 e. The number of hydroxylamine groups is 1. The highest BCUT2D eigenvalue weighted by Crippen LogP contribution is 2.42. The van der Waals surface area contributed by atoms with E-state index in [0.29, 0.717) is 16.3 Å². The van der Waals surface area contributed by atoms with E-state index in [1.807, 2.05) is 12.1 Å². The van der Waals surface area contributed by atoms with Gasteiger partial charge in [0.15, 0.2) is 11.0 Å². The molecule has 1 amide bonds. The Morgan fingerprint density at radius 2 is 1.93 bits per heavy atom. The van der Waals surface area contributed by atoms with Gasteiger partial charge in [0, 0.05) is 0 Å². The van der Waals surface area contributed by atoms with Crippen LogP contribution in [0.4, 0.5) is 5.69 Å². The summed E-state index contributed by atoms with van der Waals surface area (Å²) in [5.41, 5.74) is 3.09. The van der Waals surface area contributed by atoms with Crippen LogP contribution >= 0.6 is 0 Å². The summed E-state index contributed by atoms with van der Waals surface area (Å²) in [5, 5.41) is 17.5. The Bertz CT molecular complexity index is 904. The number of fused-ring (bicyclic) bond motifs is 1. The van der Waals surface area contributed by atoms with Crippen LogP contribution in [0, 0.1) is 11.8 Å². The van der Waals surface area contributed by atoms with E-state index in [1.165, 1.54) is 0 Å². The number of carbonyl (C=O) groups excluding carboxylic acids is 1. The van der Waals surface area contributed by atoms with Crippen molar-refractivity contribution in [1.29, 1.82) is 0 Å². The molecule has 0 radical (unpaired) electrons. The molecule has 1 aliphatic heterocycles. The van der Waals surface area contributed by atoms with E-state index in [1.54, 1.807) is 46.2 Å². The van der Waals surface area contributed by atoms with Crippen molar-refractivity contribution < 1.29 is 24.1 Å². The second-order valence-electron chi connectivity index (χ2n) is 5.66. The van der Waals surface area contributed by atoms with Gasteiger partial charge in [0.25, 0.3) is 0 Å². The van der Waals surface area contributed by atoms with E-state index >= 15 is 0 Å². The number of benzene rings is 2. The third-order valence-corrected chi connectivity index (χ3v) is 5.61. The summed E-state index contributed by atoms with van der Waals surface area (Å²) in [5.74, 6) is 5.18. The van der Waals surface area contributed by atoms with Crippen LogP contribution in [-0.2, 0) is 15.8 Å². The maximum atomic E-state index is 13.0. The smallest absolute Gasteiger partial charge is 0.245 e. The minimum Gasteiger partial charge on any atom is -0.481 e. The van der Waals surface area contributed by atoms with E-state index < -0.39 is 22.9 Å². The second-order valence-corrected chi connectivity index (χ2v) is 6.99. The Morgan fingerprint density at radius 1 is 1.19 bits per heavy atom. The highest BCUT2D eigenvalue weighted by atomic mass is 32.2. The summed E-state index contributed by atoms with van der Waals surface area (Å²) >= 11 is 0. The number of aliphatic hydroxyl groups is 1. The molecule has 8 heteroatoms. The number of anilines is 1. The Hall–Kier alpha value is -2.86. The van der Waals surface area contributed by atoms with Crippen molar-refractivity contribution in [3.63, 3.8) is 0 Å². The van der Waals surface area contributed by atoms with Gasteiger partial charge in [-0.1, -0.05) is 30.0 Å². The van der Waals surface area contributed by atoms with Gasteiger partial charge < -0.3 is 9.84 Å². The highest BCUT2D eigenvalue weighted by molar-refractivity contribution is 7.87. The predicted octanol–water partition coefficient (Wildman–Crippen LogP) is 1.54. The Morgan fingerprint density at radius 3 is 2.63 bits per heavy atom. The normalized spacial score (nSPS) is 17.6. The molecule has 3 N–H and O–H groups in total. The summed E-state index contributed by atoms with van der Waals surface area (Å²) < 4.78 is 20.1. The number of nitrogens with one attached hydrogen (secondary N) is 1. The SMILES string of the molecule is O=C(CC1c2ccccc2S(=O)N1c1ccc(OCC#CCO)cc1)NO. The fourth-order valence-electron chi connectivity index (χ4n) is 2.87. The topological polar surface area (TPSA) is 99.1 Å². The zero-order chi connectivity index (χ0) is 19.2. The van der Waals surface area contributed by atoms with Gasteiger partial charge in [0.05, 0.1) is 23.0 Å². The lowest BCUT2D eigenvalue weighted by molar-refractivity contribution is -0.129.